The van der Waals surface area contributed by atoms with Crippen molar-refractivity contribution < 1.29 is 23.6 Å². The summed E-state index contributed by atoms with van der Waals surface area (Å²) >= 11 is 0. The molecule has 0 spiro atoms. The number of anilines is 1. The van der Waals surface area contributed by atoms with E-state index in [0.717, 1.165) is 54.1 Å². The summed E-state index contributed by atoms with van der Waals surface area (Å²) in [5, 5.41) is 6.84. The molecule has 1 aliphatic rings. The minimum absolute atomic E-state index is 0.0487. The summed E-state index contributed by atoms with van der Waals surface area (Å²) in [7, 11) is 1.56. The summed E-state index contributed by atoms with van der Waals surface area (Å²) in [6.07, 6.45) is 5.15. The first-order valence-corrected chi connectivity index (χ1v) is 12.0. The van der Waals surface area contributed by atoms with Gasteiger partial charge >= 0.3 is 0 Å². The third kappa shape index (κ3) is 5.59. The van der Waals surface area contributed by atoms with E-state index in [1.165, 1.54) is 6.08 Å². The molecule has 0 aliphatic carbocycles. The molecule has 3 aromatic rings. The summed E-state index contributed by atoms with van der Waals surface area (Å²) in [5.74, 6) is 1.46. The van der Waals surface area contributed by atoms with Crippen molar-refractivity contribution in [1.29, 1.82) is 0 Å². The molecule has 2 aromatic carbocycles. The van der Waals surface area contributed by atoms with E-state index in [4.69, 9.17) is 14.0 Å². The first kappa shape index (κ1) is 25.0. The maximum atomic E-state index is 13.0. The molecular formula is C28H31N3O5. The monoisotopic (exact) mass is 489 g/mol. The van der Waals surface area contributed by atoms with E-state index in [1.807, 2.05) is 43.9 Å². The largest absolute Gasteiger partial charge is 0.493 e. The third-order valence-corrected chi connectivity index (χ3v) is 6.31. The summed E-state index contributed by atoms with van der Waals surface area (Å²) in [4.78, 5) is 27.6. The predicted octanol–water partition coefficient (Wildman–Crippen LogP) is 5.08. The van der Waals surface area contributed by atoms with Crippen LogP contribution in [0.2, 0.25) is 0 Å². The Morgan fingerprint density at radius 1 is 1.11 bits per heavy atom. The minimum atomic E-state index is -0.322. The zero-order chi connectivity index (χ0) is 25.7. The lowest BCUT2D eigenvalue weighted by Crippen LogP contribution is -2.29. The van der Waals surface area contributed by atoms with Crippen LogP contribution in [0.25, 0.3) is 6.08 Å². The van der Waals surface area contributed by atoms with Gasteiger partial charge in [0, 0.05) is 19.2 Å². The van der Waals surface area contributed by atoms with E-state index < -0.39 is 0 Å². The first-order chi connectivity index (χ1) is 17.4. The Morgan fingerprint density at radius 3 is 2.58 bits per heavy atom. The molecule has 1 N–H and O–H groups in total. The van der Waals surface area contributed by atoms with E-state index in [2.05, 4.69) is 10.5 Å². The Kier molecular flexibility index (Phi) is 7.73. The highest BCUT2D eigenvalue weighted by Gasteiger charge is 2.23. The van der Waals surface area contributed by atoms with Crippen molar-refractivity contribution in [3.63, 3.8) is 0 Å². The molecule has 1 fully saturated rings. The van der Waals surface area contributed by atoms with Gasteiger partial charge in [0.1, 0.15) is 12.4 Å². The molecule has 188 valence electrons. The number of ether oxygens (including phenoxy) is 2. The zero-order valence-corrected chi connectivity index (χ0v) is 21.1. The number of amides is 2. The number of carbonyl (C=O) groups excluding carboxylic acids is 2. The molecule has 8 heteroatoms. The summed E-state index contributed by atoms with van der Waals surface area (Å²) in [5.41, 5.74) is 4.35. The van der Waals surface area contributed by atoms with Crippen LogP contribution in [0.1, 0.15) is 51.3 Å². The van der Waals surface area contributed by atoms with Crippen molar-refractivity contribution in [1.82, 2.24) is 10.1 Å². The molecule has 0 radical (unpaired) electrons. The van der Waals surface area contributed by atoms with Gasteiger partial charge in [-0.05, 0) is 69.0 Å². The third-order valence-electron chi connectivity index (χ3n) is 6.31. The van der Waals surface area contributed by atoms with Crippen molar-refractivity contribution in [2.45, 2.75) is 40.2 Å². The van der Waals surface area contributed by atoms with Crippen LogP contribution in [0.3, 0.4) is 0 Å². The van der Waals surface area contributed by atoms with E-state index in [9.17, 15) is 9.59 Å². The second-order valence-electron chi connectivity index (χ2n) is 8.82. The second-order valence-corrected chi connectivity index (χ2v) is 8.82. The number of para-hydroxylation sites is 1. The van der Waals surface area contributed by atoms with Crippen LogP contribution in [-0.4, -0.2) is 42.1 Å². The number of hydrogen-bond acceptors (Lipinski definition) is 6. The molecule has 1 saturated heterocycles. The van der Waals surface area contributed by atoms with Gasteiger partial charge in [-0.25, -0.2) is 0 Å². The molecule has 1 aliphatic heterocycles. The molecule has 0 unspecified atom stereocenters. The van der Waals surface area contributed by atoms with Crippen molar-refractivity contribution in [2.75, 3.05) is 25.5 Å². The molecule has 1 aromatic heterocycles. The van der Waals surface area contributed by atoms with Gasteiger partial charge in [0.15, 0.2) is 11.5 Å². The van der Waals surface area contributed by atoms with E-state index in [0.29, 0.717) is 29.4 Å². The lowest BCUT2D eigenvalue weighted by atomic mass is 10.1. The summed E-state index contributed by atoms with van der Waals surface area (Å²) < 4.78 is 16.6. The maximum Gasteiger partial charge on any atom is 0.255 e. The Balaban J connectivity index is 1.45. The standard InChI is InChI=1S/C28H31N3O5/c1-18-8-7-9-22(28(33)31-14-5-6-15-31)27(18)29-26(32)13-11-21-10-12-24(25(16-21)34-4)35-17-23-19(2)30-36-20(23)3/h7-13,16H,5-6,14-15,17H2,1-4H3,(H,29,32)/b13-11+. The summed E-state index contributed by atoms with van der Waals surface area (Å²) in [6, 6.07) is 10.9. The number of methoxy groups -OCH3 is 1. The SMILES string of the molecule is COc1cc(/C=C/C(=O)Nc2c(C)cccc2C(=O)N2CCCC2)ccc1OCc1c(C)noc1C. The van der Waals surface area contributed by atoms with Crippen molar-refractivity contribution >= 4 is 23.6 Å². The average Bonchev–Trinajstić information content (AvgIpc) is 3.53. The van der Waals surface area contributed by atoms with Gasteiger partial charge in [0.25, 0.3) is 5.91 Å². The molecule has 8 nitrogen and oxygen atoms in total. The Labute approximate surface area is 210 Å². The lowest BCUT2D eigenvalue weighted by Gasteiger charge is -2.19. The van der Waals surface area contributed by atoms with Crippen LogP contribution in [0.5, 0.6) is 11.5 Å². The number of nitrogens with one attached hydrogen (secondary N) is 1. The number of carbonyl (C=O) groups is 2. The number of rotatable bonds is 8. The molecule has 2 heterocycles. The molecule has 0 bridgehead atoms. The number of aromatic nitrogens is 1. The van der Waals surface area contributed by atoms with Gasteiger partial charge in [-0.15, -0.1) is 0 Å². The molecule has 0 saturated carbocycles. The molecule has 2 amide bonds. The average molecular weight is 490 g/mol. The van der Waals surface area contributed by atoms with Crippen molar-refractivity contribution in [2.24, 2.45) is 0 Å². The fourth-order valence-corrected chi connectivity index (χ4v) is 4.20. The smallest absolute Gasteiger partial charge is 0.255 e. The quantitative estimate of drug-likeness (QED) is 0.444. The Morgan fingerprint density at radius 2 is 1.89 bits per heavy atom. The first-order valence-electron chi connectivity index (χ1n) is 12.0. The minimum Gasteiger partial charge on any atom is -0.493 e. The summed E-state index contributed by atoms with van der Waals surface area (Å²) in [6.45, 7) is 7.40. The van der Waals surface area contributed by atoms with Crippen molar-refractivity contribution in [3.8, 4) is 11.5 Å². The van der Waals surface area contributed by atoms with Crippen LogP contribution < -0.4 is 14.8 Å². The van der Waals surface area contributed by atoms with E-state index in [-0.39, 0.29) is 11.8 Å². The van der Waals surface area contributed by atoms with Gasteiger partial charge in [0.2, 0.25) is 5.91 Å². The number of benzene rings is 2. The highest BCUT2D eigenvalue weighted by Crippen LogP contribution is 2.30. The Bertz CT molecular complexity index is 1270. The fraction of sp³-hybridized carbons (Fsp3) is 0.321. The van der Waals surface area contributed by atoms with Crippen LogP contribution in [0, 0.1) is 20.8 Å². The Hall–Kier alpha value is -4.07. The predicted molar refractivity (Wildman–Crippen MR) is 137 cm³/mol. The van der Waals surface area contributed by atoms with Crippen LogP contribution >= 0.6 is 0 Å². The zero-order valence-electron chi connectivity index (χ0n) is 21.1. The van der Waals surface area contributed by atoms with Gasteiger partial charge in [-0.3, -0.25) is 9.59 Å². The number of nitrogens with zero attached hydrogens (tertiary/aromatic N) is 2. The van der Waals surface area contributed by atoms with Gasteiger partial charge in [0.05, 0.1) is 29.6 Å². The molecule has 0 atom stereocenters. The molecule has 36 heavy (non-hydrogen) atoms. The maximum absolute atomic E-state index is 13.0. The number of likely N-dealkylation sites (tertiary alicyclic amines) is 1. The van der Waals surface area contributed by atoms with Gasteiger partial charge < -0.3 is 24.2 Å². The number of hydrogen-bond donors (Lipinski definition) is 1. The van der Waals surface area contributed by atoms with E-state index in [1.54, 1.807) is 31.4 Å². The van der Waals surface area contributed by atoms with Gasteiger partial charge in [-0.2, -0.15) is 0 Å². The van der Waals surface area contributed by atoms with E-state index >= 15 is 0 Å². The topological polar surface area (TPSA) is 93.9 Å². The normalized spacial score (nSPS) is 13.3. The second kappa shape index (κ2) is 11.1. The van der Waals surface area contributed by atoms with Gasteiger partial charge in [-0.1, -0.05) is 23.4 Å². The highest BCUT2D eigenvalue weighted by molar-refractivity contribution is 6.08. The number of aryl methyl sites for hydroxylation is 3. The fourth-order valence-electron chi connectivity index (χ4n) is 4.20. The molecule has 4 rings (SSSR count). The van der Waals surface area contributed by atoms with Crippen LogP contribution in [0.4, 0.5) is 5.69 Å². The molecular weight excluding hydrogens is 458 g/mol. The van der Waals surface area contributed by atoms with Crippen molar-refractivity contribution in [3.05, 3.63) is 76.2 Å². The lowest BCUT2D eigenvalue weighted by molar-refractivity contribution is -0.111. The van der Waals surface area contributed by atoms with Crippen LogP contribution in [-0.2, 0) is 11.4 Å². The highest BCUT2D eigenvalue weighted by atomic mass is 16.5. The van der Waals surface area contributed by atoms with Crippen LogP contribution in [0.15, 0.2) is 47.0 Å².